The van der Waals surface area contributed by atoms with Gasteiger partial charge < -0.3 is 14.6 Å². The Morgan fingerprint density at radius 1 is 1.45 bits per heavy atom. The number of rotatable bonds is 4. The summed E-state index contributed by atoms with van der Waals surface area (Å²) < 4.78 is 5.68. The lowest BCUT2D eigenvalue weighted by Gasteiger charge is -2.29. The molecular formula is C15H22N2O3. The Balaban J connectivity index is 2.09. The molecule has 1 fully saturated rings. The lowest BCUT2D eigenvalue weighted by Crippen LogP contribution is -2.40. The smallest absolute Gasteiger partial charge is 0.254 e. The van der Waals surface area contributed by atoms with Gasteiger partial charge >= 0.3 is 0 Å². The summed E-state index contributed by atoms with van der Waals surface area (Å²) in [7, 11) is 0. The van der Waals surface area contributed by atoms with Crippen molar-refractivity contribution in [3.8, 4) is 0 Å². The maximum Gasteiger partial charge on any atom is 0.254 e. The number of likely N-dealkylation sites (N-methyl/N-ethyl adjacent to an activating group) is 1. The van der Waals surface area contributed by atoms with Gasteiger partial charge in [0.1, 0.15) is 0 Å². The number of aryl methyl sites for hydroxylation is 1. The van der Waals surface area contributed by atoms with E-state index >= 15 is 0 Å². The first-order valence-electron chi connectivity index (χ1n) is 7.22. The number of pyridine rings is 1. The molecule has 110 valence electrons. The molecule has 0 radical (unpaired) electrons. The molecule has 20 heavy (non-hydrogen) atoms. The van der Waals surface area contributed by atoms with E-state index in [2.05, 4.69) is 4.98 Å². The van der Waals surface area contributed by atoms with Crippen LogP contribution in [0.5, 0.6) is 0 Å². The third-order valence-electron chi connectivity index (χ3n) is 3.59. The van der Waals surface area contributed by atoms with E-state index in [1.807, 2.05) is 6.92 Å². The molecule has 1 aromatic heterocycles. The molecule has 1 aliphatic heterocycles. The van der Waals surface area contributed by atoms with E-state index in [1.54, 1.807) is 17.9 Å². The fraction of sp³-hybridized carbons (Fsp3) is 0.600. The maximum absolute atomic E-state index is 12.5. The largest absolute Gasteiger partial charge is 0.376 e. The van der Waals surface area contributed by atoms with Gasteiger partial charge in [-0.1, -0.05) is 0 Å². The van der Waals surface area contributed by atoms with Gasteiger partial charge in [0.2, 0.25) is 5.56 Å². The number of amides is 1. The molecule has 0 spiro atoms. The number of aromatic amines is 1. The van der Waals surface area contributed by atoms with E-state index in [0.717, 1.165) is 25.9 Å². The van der Waals surface area contributed by atoms with Gasteiger partial charge in [-0.15, -0.1) is 0 Å². The Morgan fingerprint density at radius 3 is 2.85 bits per heavy atom. The van der Waals surface area contributed by atoms with Crippen LogP contribution in [0.1, 0.15) is 42.2 Å². The van der Waals surface area contributed by atoms with Crippen molar-refractivity contribution in [2.24, 2.45) is 0 Å². The molecule has 1 saturated heterocycles. The van der Waals surface area contributed by atoms with E-state index in [9.17, 15) is 9.59 Å². The summed E-state index contributed by atoms with van der Waals surface area (Å²) in [4.78, 5) is 28.3. The summed E-state index contributed by atoms with van der Waals surface area (Å²) in [6.07, 6.45) is 3.37. The van der Waals surface area contributed by atoms with Crippen molar-refractivity contribution in [1.82, 2.24) is 9.88 Å². The first-order valence-corrected chi connectivity index (χ1v) is 7.22. The highest BCUT2D eigenvalue weighted by molar-refractivity contribution is 5.94. The number of nitrogens with zero attached hydrogens (tertiary/aromatic N) is 1. The van der Waals surface area contributed by atoms with Crippen LogP contribution < -0.4 is 5.56 Å². The molecule has 0 bridgehead atoms. The fourth-order valence-electron chi connectivity index (χ4n) is 2.54. The van der Waals surface area contributed by atoms with E-state index < -0.39 is 0 Å². The van der Waals surface area contributed by atoms with Gasteiger partial charge in [0.05, 0.1) is 6.10 Å². The normalized spacial score (nSPS) is 18.8. The summed E-state index contributed by atoms with van der Waals surface area (Å²) >= 11 is 0. The minimum Gasteiger partial charge on any atom is -0.376 e. The molecule has 5 nitrogen and oxygen atoms in total. The van der Waals surface area contributed by atoms with Crippen LogP contribution in [0, 0.1) is 6.92 Å². The second-order valence-corrected chi connectivity index (χ2v) is 5.25. The Bertz CT molecular complexity index is 518. The van der Waals surface area contributed by atoms with Crippen molar-refractivity contribution in [2.75, 3.05) is 19.7 Å². The van der Waals surface area contributed by atoms with Gasteiger partial charge in [0, 0.05) is 37.0 Å². The quantitative estimate of drug-likeness (QED) is 0.912. The molecule has 5 heteroatoms. The second kappa shape index (κ2) is 6.70. The van der Waals surface area contributed by atoms with Crippen LogP contribution in [0.3, 0.4) is 0 Å². The summed E-state index contributed by atoms with van der Waals surface area (Å²) in [5.41, 5.74) is 0.910. The highest BCUT2D eigenvalue weighted by Crippen LogP contribution is 2.15. The molecule has 2 heterocycles. The zero-order valence-corrected chi connectivity index (χ0v) is 12.1. The Morgan fingerprint density at radius 2 is 2.25 bits per heavy atom. The molecule has 0 aromatic carbocycles. The van der Waals surface area contributed by atoms with Crippen LogP contribution in [0.25, 0.3) is 0 Å². The van der Waals surface area contributed by atoms with Gasteiger partial charge in [0.15, 0.2) is 0 Å². The average molecular weight is 278 g/mol. The van der Waals surface area contributed by atoms with Crippen LogP contribution >= 0.6 is 0 Å². The summed E-state index contributed by atoms with van der Waals surface area (Å²) in [5, 5.41) is 0. The van der Waals surface area contributed by atoms with Gasteiger partial charge in [-0.3, -0.25) is 9.59 Å². The predicted molar refractivity (Wildman–Crippen MR) is 77.0 cm³/mol. The molecule has 1 aromatic rings. The number of hydrogen-bond donors (Lipinski definition) is 1. The first-order chi connectivity index (χ1) is 9.60. The predicted octanol–water partition coefficient (Wildman–Crippen LogP) is 1.71. The third kappa shape index (κ3) is 3.70. The number of carbonyl (C=O) groups is 1. The summed E-state index contributed by atoms with van der Waals surface area (Å²) in [6, 6.07) is 3.08. The van der Waals surface area contributed by atoms with E-state index in [4.69, 9.17) is 4.74 Å². The average Bonchev–Trinajstić information content (AvgIpc) is 2.44. The highest BCUT2D eigenvalue weighted by Gasteiger charge is 2.21. The number of hydrogen-bond acceptors (Lipinski definition) is 3. The lowest BCUT2D eigenvalue weighted by atomic mass is 10.1. The fourth-order valence-corrected chi connectivity index (χ4v) is 2.54. The number of ether oxygens (including phenoxy) is 1. The summed E-state index contributed by atoms with van der Waals surface area (Å²) in [5.74, 6) is -0.101. The topological polar surface area (TPSA) is 62.4 Å². The van der Waals surface area contributed by atoms with Crippen molar-refractivity contribution < 1.29 is 9.53 Å². The Hall–Kier alpha value is -1.62. The van der Waals surface area contributed by atoms with Crippen LogP contribution in [0.15, 0.2) is 16.9 Å². The maximum atomic E-state index is 12.5. The minimum atomic E-state index is -0.238. The first kappa shape index (κ1) is 14.8. The zero-order chi connectivity index (χ0) is 14.5. The lowest BCUT2D eigenvalue weighted by molar-refractivity contribution is -0.00312. The molecule has 0 saturated carbocycles. The Labute approximate surface area is 118 Å². The second-order valence-electron chi connectivity index (χ2n) is 5.25. The number of carbonyl (C=O) groups excluding carboxylic acids is 1. The third-order valence-corrected chi connectivity index (χ3v) is 3.59. The monoisotopic (exact) mass is 278 g/mol. The van der Waals surface area contributed by atoms with Crippen LogP contribution in [0.2, 0.25) is 0 Å². The van der Waals surface area contributed by atoms with E-state index in [-0.39, 0.29) is 17.6 Å². The Kier molecular flexibility index (Phi) is 4.95. The molecular weight excluding hydrogens is 256 g/mol. The van der Waals surface area contributed by atoms with E-state index in [1.165, 1.54) is 6.07 Å². The van der Waals surface area contributed by atoms with E-state index in [0.29, 0.717) is 24.3 Å². The van der Waals surface area contributed by atoms with Crippen LogP contribution in [-0.2, 0) is 4.74 Å². The van der Waals surface area contributed by atoms with Crippen LogP contribution in [0.4, 0.5) is 0 Å². The molecule has 1 N–H and O–H groups in total. The van der Waals surface area contributed by atoms with Crippen molar-refractivity contribution in [3.05, 3.63) is 33.7 Å². The van der Waals surface area contributed by atoms with Gasteiger partial charge in [0.25, 0.3) is 5.91 Å². The van der Waals surface area contributed by atoms with Crippen molar-refractivity contribution >= 4 is 5.91 Å². The summed E-state index contributed by atoms with van der Waals surface area (Å²) in [6.45, 7) is 5.71. The number of nitrogens with one attached hydrogen (secondary N) is 1. The van der Waals surface area contributed by atoms with Crippen LogP contribution in [-0.4, -0.2) is 41.6 Å². The standard InChI is InChI=1S/C15H22N2O3/c1-3-17(10-13-6-4-5-7-20-13)15(19)12-8-11(2)16-14(18)9-12/h8-9,13H,3-7,10H2,1-2H3,(H,16,18). The number of aromatic nitrogens is 1. The van der Waals surface area contributed by atoms with Crippen molar-refractivity contribution in [3.63, 3.8) is 0 Å². The van der Waals surface area contributed by atoms with Crippen molar-refractivity contribution in [2.45, 2.75) is 39.2 Å². The molecule has 1 aliphatic rings. The van der Waals surface area contributed by atoms with Gasteiger partial charge in [-0.2, -0.15) is 0 Å². The highest BCUT2D eigenvalue weighted by atomic mass is 16.5. The van der Waals surface area contributed by atoms with Crippen molar-refractivity contribution in [1.29, 1.82) is 0 Å². The molecule has 0 aliphatic carbocycles. The SMILES string of the molecule is CCN(CC1CCCCO1)C(=O)c1cc(C)[nH]c(=O)c1. The van der Waals surface area contributed by atoms with Gasteiger partial charge in [-0.25, -0.2) is 0 Å². The molecule has 1 atom stereocenters. The molecule has 2 rings (SSSR count). The van der Waals surface area contributed by atoms with Gasteiger partial charge in [-0.05, 0) is 39.2 Å². The molecule has 1 amide bonds. The minimum absolute atomic E-state index is 0.101. The zero-order valence-electron chi connectivity index (χ0n) is 12.1. The number of H-pyrrole nitrogens is 1. The molecule has 1 unspecified atom stereocenters.